The number of halogens is 1. The first-order chi connectivity index (χ1) is 8.06. The molecule has 1 aliphatic rings. The van der Waals surface area contributed by atoms with Gasteiger partial charge in [0.25, 0.3) is 5.88 Å². The molecule has 0 bridgehead atoms. The van der Waals surface area contributed by atoms with Crippen LogP contribution in [0.4, 0.5) is 10.3 Å². The molecule has 0 aliphatic heterocycles. The van der Waals surface area contributed by atoms with Gasteiger partial charge >= 0.3 is 0 Å². The maximum Gasteiger partial charge on any atom is 0.255 e. The molecule has 4 nitrogen and oxygen atoms in total. The van der Waals surface area contributed by atoms with Crippen molar-refractivity contribution in [2.75, 3.05) is 5.73 Å². The molecule has 17 heavy (non-hydrogen) atoms. The summed E-state index contributed by atoms with van der Waals surface area (Å²) >= 11 is 0. The van der Waals surface area contributed by atoms with E-state index < -0.39 is 5.82 Å². The number of nitrogens with zero attached hydrogens (tertiary/aromatic N) is 2. The van der Waals surface area contributed by atoms with E-state index in [1.165, 1.54) is 0 Å². The number of anilines is 1. The van der Waals surface area contributed by atoms with Crippen LogP contribution in [-0.2, 0) is 0 Å². The van der Waals surface area contributed by atoms with Crippen LogP contribution in [-0.4, -0.2) is 16.1 Å². The van der Waals surface area contributed by atoms with Crippen molar-refractivity contribution in [2.45, 2.75) is 39.2 Å². The Labute approximate surface area is 100 Å². The van der Waals surface area contributed by atoms with E-state index in [9.17, 15) is 4.39 Å². The van der Waals surface area contributed by atoms with Gasteiger partial charge in [0.15, 0.2) is 0 Å². The minimum absolute atomic E-state index is 0.0238. The molecule has 0 spiro atoms. The third kappa shape index (κ3) is 2.84. The fourth-order valence-electron chi connectivity index (χ4n) is 2.21. The molecule has 94 valence electrons. The molecule has 1 aliphatic carbocycles. The van der Waals surface area contributed by atoms with E-state index in [1.807, 2.05) is 0 Å². The molecule has 3 unspecified atom stereocenters. The minimum Gasteiger partial charge on any atom is -0.472 e. The molecule has 5 heteroatoms. The summed E-state index contributed by atoms with van der Waals surface area (Å²) in [5, 5.41) is 0. The Morgan fingerprint density at radius 1 is 1.35 bits per heavy atom. The molecule has 0 amide bonds. The van der Waals surface area contributed by atoms with Crippen LogP contribution < -0.4 is 10.5 Å². The summed E-state index contributed by atoms with van der Waals surface area (Å²) in [6, 6.07) is 0. The number of rotatable bonds is 2. The van der Waals surface area contributed by atoms with Crippen molar-refractivity contribution in [1.82, 2.24) is 9.97 Å². The maximum atomic E-state index is 13.4. The van der Waals surface area contributed by atoms with Gasteiger partial charge in [-0.2, -0.15) is 9.37 Å². The number of hydrogen-bond acceptors (Lipinski definition) is 4. The quantitative estimate of drug-likeness (QED) is 0.860. The highest BCUT2D eigenvalue weighted by Gasteiger charge is 2.26. The van der Waals surface area contributed by atoms with Crippen molar-refractivity contribution in [3.05, 3.63) is 12.0 Å². The van der Waals surface area contributed by atoms with Crippen LogP contribution >= 0.6 is 0 Å². The summed E-state index contributed by atoms with van der Waals surface area (Å²) in [6.07, 6.45) is 4.06. The highest BCUT2D eigenvalue weighted by molar-refractivity contribution is 5.22. The molecule has 1 aromatic heterocycles. The maximum absolute atomic E-state index is 13.4. The Morgan fingerprint density at radius 2 is 2.12 bits per heavy atom. The van der Waals surface area contributed by atoms with Crippen LogP contribution in [0.1, 0.15) is 33.1 Å². The number of nitrogen functional groups attached to an aromatic ring is 1. The van der Waals surface area contributed by atoms with E-state index in [0.717, 1.165) is 25.5 Å². The number of ether oxygens (including phenoxy) is 1. The van der Waals surface area contributed by atoms with Crippen molar-refractivity contribution in [3.63, 3.8) is 0 Å². The highest BCUT2D eigenvalue weighted by atomic mass is 19.1. The van der Waals surface area contributed by atoms with Gasteiger partial charge in [0.1, 0.15) is 6.10 Å². The zero-order chi connectivity index (χ0) is 12.4. The van der Waals surface area contributed by atoms with Gasteiger partial charge in [-0.25, -0.2) is 4.98 Å². The first kappa shape index (κ1) is 12.1. The molecule has 2 rings (SSSR count). The summed E-state index contributed by atoms with van der Waals surface area (Å²) in [4.78, 5) is 7.35. The fourth-order valence-corrected chi connectivity index (χ4v) is 2.21. The van der Waals surface area contributed by atoms with Crippen LogP contribution in [0.15, 0.2) is 6.20 Å². The Morgan fingerprint density at radius 3 is 2.82 bits per heavy atom. The molecule has 3 atom stereocenters. The van der Waals surface area contributed by atoms with E-state index in [4.69, 9.17) is 10.5 Å². The van der Waals surface area contributed by atoms with Gasteiger partial charge in [-0.15, -0.1) is 0 Å². The lowest BCUT2D eigenvalue weighted by Gasteiger charge is -2.31. The molecule has 1 fully saturated rings. The first-order valence-electron chi connectivity index (χ1n) is 6.01. The molecular weight excluding hydrogens is 221 g/mol. The van der Waals surface area contributed by atoms with Crippen molar-refractivity contribution < 1.29 is 9.13 Å². The molecule has 1 aromatic rings. The molecule has 2 N–H and O–H groups in total. The summed E-state index contributed by atoms with van der Waals surface area (Å²) in [5.74, 6) is 0.763. The van der Waals surface area contributed by atoms with Crippen LogP contribution in [0.2, 0.25) is 0 Å². The standard InChI is InChI=1S/C12H18FN3O/c1-7-3-4-9(5-8(7)2)17-11-10(13)6-15-12(14)16-11/h6-9H,3-5H2,1-2H3,(H2,14,15,16). The van der Waals surface area contributed by atoms with Gasteiger partial charge in [0, 0.05) is 0 Å². The summed E-state index contributed by atoms with van der Waals surface area (Å²) in [6.45, 7) is 4.44. The van der Waals surface area contributed by atoms with Crippen LogP contribution in [0, 0.1) is 17.7 Å². The third-order valence-corrected chi connectivity index (χ3v) is 3.56. The van der Waals surface area contributed by atoms with Crippen molar-refractivity contribution in [1.29, 1.82) is 0 Å². The average molecular weight is 239 g/mol. The molecule has 1 heterocycles. The van der Waals surface area contributed by atoms with Gasteiger partial charge in [-0.05, 0) is 31.1 Å². The fraction of sp³-hybridized carbons (Fsp3) is 0.667. The molecular formula is C12H18FN3O. The Bertz CT molecular complexity index is 399. The summed E-state index contributed by atoms with van der Waals surface area (Å²) < 4.78 is 19.0. The molecule has 0 radical (unpaired) electrons. The summed E-state index contributed by atoms with van der Waals surface area (Å²) in [7, 11) is 0. The van der Waals surface area contributed by atoms with Crippen molar-refractivity contribution in [3.8, 4) is 5.88 Å². The Kier molecular flexibility index (Phi) is 3.45. The lowest BCUT2D eigenvalue weighted by Crippen LogP contribution is -2.29. The molecule has 0 aromatic carbocycles. The SMILES string of the molecule is CC1CCC(Oc2nc(N)ncc2F)CC1C. The first-order valence-corrected chi connectivity index (χ1v) is 6.01. The van der Waals surface area contributed by atoms with E-state index >= 15 is 0 Å². The topological polar surface area (TPSA) is 61.0 Å². The number of nitrogens with two attached hydrogens (primary N) is 1. The Balaban J connectivity index is 2.03. The highest BCUT2D eigenvalue weighted by Crippen LogP contribution is 2.31. The monoisotopic (exact) mass is 239 g/mol. The number of aromatic nitrogens is 2. The summed E-state index contributed by atoms with van der Waals surface area (Å²) in [5.41, 5.74) is 5.41. The average Bonchev–Trinajstić information content (AvgIpc) is 2.29. The van der Waals surface area contributed by atoms with E-state index in [2.05, 4.69) is 23.8 Å². The van der Waals surface area contributed by atoms with E-state index in [1.54, 1.807) is 0 Å². The number of hydrogen-bond donors (Lipinski definition) is 1. The molecule has 1 saturated carbocycles. The smallest absolute Gasteiger partial charge is 0.255 e. The van der Waals surface area contributed by atoms with Crippen LogP contribution in [0.25, 0.3) is 0 Å². The minimum atomic E-state index is -0.550. The van der Waals surface area contributed by atoms with Gasteiger partial charge < -0.3 is 10.5 Å². The Hall–Kier alpha value is -1.39. The van der Waals surface area contributed by atoms with Crippen LogP contribution in [0.5, 0.6) is 5.88 Å². The lowest BCUT2D eigenvalue weighted by atomic mass is 9.80. The second-order valence-corrected chi connectivity index (χ2v) is 4.89. The van der Waals surface area contributed by atoms with Gasteiger partial charge in [0.05, 0.1) is 6.20 Å². The second kappa shape index (κ2) is 4.85. The van der Waals surface area contributed by atoms with Gasteiger partial charge in [-0.3, -0.25) is 0 Å². The predicted molar refractivity (Wildman–Crippen MR) is 63.0 cm³/mol. The lowest BCUT2D eigenvalue weighted by molar-refractivity contribution is 0.0922. The largest absolute Gasteiger partial charge is 0.472 e. The van der Waals surface area contributed by atoms with E-state index in [0.29, 0.717) is 11.8 Å². The predicted octanol–water partition coefficient (Wildman–Crippen LogP) is 2.40. The van der Waals surface area contributed by atoms with Gasteiger partial charge in [-0.1, -0.05) is 13.8 Å². The zero-order valence-corrected chi connectivity index (χ0v) is 10.2. The normalized spacial score (nSPS) is 29.0. The molecule has 0 saturated heterocycles. The van der Waals surface area contributed by atoms with E-state index in [-0.39, 0.29) is 17.9 Å². The second-order valence-electron chi connectivity index (χ2n) is 4.89. The zero-order valence-electron chi connectivity index (χ0n) is 10.2. The van der Waals surface area contributed by atoms with Crippen LogP contribution in [0.3, 0.4) is 0 Å². The van der Waals surface area contributed by atoms with Crippen molar-refractivity contribution >= 4 is 5.95 Å². The van der Waals surface area contributed by atoms with Gasteiger partial charge in [0.2, 0.25) is 11.8 Å². The van der Waals surface area contributed by atoms with Crippen molar-refractivity contribution in [2.24, 2.45) is 11.8 Å². The third-order valence-electron chi connectivity index (χ3n) is 3.56.